The molecule has 3 rings (SSSR count). The molecule has 1 aliphatic heterocycles. The van der Waals surface area contributed by atoms with Gasteiger partial charge in [-0.1, -0.05) is 19.1 Å². The van der Waals surface area contributed by atoms with Crippen LogP contribution >= 0.6 is 0 Å². The average Bonchev–Trinajstić information content (AvgIpc) is 2.95. The van der Waals surface area contributed by atoms with Gasteiger partial charge in [-0.15, -0.1) is 0 Å². The van der Waals surface area contributed by atoms with Crippen molar-refractivity contribution in [3.63, 3.8) is 0 Å². The molecule has 0 fully saturated rings. The Kier molecular flexibility index (Phi) is 4.35. The third-order valence-electron chi connectivity index (χ3n) is 3.97. The maximum atomic E-state index is 12.1. The van der Waals surface area contributed by atoms with Gasteiger partial charge in [0.25, 0.3) is 0 Å². The molecular formula is C19H24N2O3. The molecule has 2 aromatic rings. The summed E-state index contributed by atoms with van der Waals surface area (Å²) in [6.45, 7) is 8.91. The number of fused-ring (bicyclic) bond motifs is 1. The number of ether oxygens (including phenoxy) is 1. The van der Waals surface area contributed by atoms with Gasteiger partial charge in [0.05, 0.1) is 0 Å². The molecule has 2 heterocycles. The van der Waals surface area contributed by atoms with E-state index in [1.165, 1.54) is 5.57 Å². The summed E-state index contributed by atoms with van der Waals surface area (Å²) >= 11 is 0. The maximum Gasteiger partial charge on any atom is 0.410 e. The van der Waals surface area contributed by atoms with Crippen LogP contribution in [0.1, 0.15) is 45.6 Å². The van der Waals surface area contributed by atoms with Crippen LogP contribution in [0.4, 0.5) is 4.79 Å². The first-order chi connectivity index (χ1) is 11.4. The van der Waals surface area contributed by atoms with Crippen molar-refractivity contribution in [3.05, 3.63) is 35.7 Å². The van der Waals surface area contributed by atoms with Gasteiger partial charge in [0, 0.05) is 19.5 Å². The van der Waals surface area contributed by atoms with E-state index in [0.29, 0.717) is 13.1 Å². The topological polar surface area (TPSA) is 55.6 Å². The minimum absolute atomic E-state index is 0.252. The normalized spacial score (nSPS) is 15.5. The molecule has 24 heavy (non-hydrogen) atoms. The van der Waals surface area contributed by atoms with Crippen LogP contribution in [-0.2, 0) is 11.2 Å². The number of carbonyl (C=O) groups excluding carboxylic acids is 1. The van der Waals surface area contributed by atoms with E-state index in [1.54, 1.807) is 4.90 Å². The smallest absolute Gasteiger partial charge is 0.410 e. The second-order valence-corrected chi connectivity index (χ2v) is 7.05. The number of benzene rings is 1. The Morgan fingerprint density at radius 1 is 1.38 bits per heavy atom. The van der Waals surface area contributed by atoms with Crippen molar-refractivity contribution in [1.29, 1.82) is 0 Å². The van der Waals surface area contributed by atoms with Crippen LogP contribution in [0.2, 0.25) is 0 Å². The lowest BCUT2D eigenvalue weighted by molar-refractivity contribution is 0.0270. The number of aromatic nitrogens is 1. The Balaban J connectivity index is 1.74. The summed E-state index contributed by atoms with van der Waals surface area (Å²) in [7, 11) is 0. The molecule has 1 aliphatic rings. The fourth-order valence-electron chi connectivity index (χ4n) is 2.75. The highest BCUT2D eigenvalue weighted by atomic mass is 16.6. The fraction of sp³-hybridized carbons (Fsp3) is 0.474. The minimum atomic E-state index is -0.462. The van der Waals surface area contributed by atoms with Crippen LogP contribution in [-0.4, -0.2) is 34.7 Å². The predicted octanol–water partition coefficient (Wildman–Crippen LogP) is 4.41. The van der Waals surface area contributed by atoms with Crippen LogP contribution in [0.5, 0.6) is 0 Å². The summed E-state index contributed by atoms with van der Waals surface area (Å²) in [5.41, 5.74) is 3.62. The predicted molar refractivity (Wildman–Crippen MR) is 93.8 cm³/mol. The molecule has 0 radical (unpaired) electrons. The largest absolute Gasteiger partial charge is 0.444 e. The highest BCUT2D eigenvalue weighted by molar-refractivity contribution is 5.80. The Morgan fingerprint density at radius 3 is 2.79 bits per heavy atom. The second-order valence-electron chi connectivity index (χ2n) is 7.05. The highest BCUT2D eigenvalue weighted by Crippen LogP contribution is 2.27. The number of oxazole rings is 1. The summed E-state index contributed by atoms with van der Waals surface area (Å²) < 4.78 is 11.1. The van der Waals surface area contributed by atoms with E-state index in [9.17, 15) is 4.79 Å². The first-order valence-corrected chi connectivity index (χ1v) is 8.42. The molecule has 0 bridgehead atoms. The van der Waals surface area contributed by atoms with Gasteiger partial charge in [-0.3, -0.25) is 0 Å². The zero-order chi connectivity index (χ0) is 17.3. The van der Waals surface area contributed by atoms with E-state index in [4.69, 9.17) is 9.15 Å². The standard InChI is InChI=1S/C19H24N2O3/c1-5-17-20-15-12-14(6-7-16(15)23-17)13-8-10-21(11-9-13)18(22)24-19(2,3)4/h6-8,12H,5,9-11H2,1-4H3. The maximum absolute atomic E-state index is 12.1. The van der Waals surface area contributed by atoms with Crippen molar-refractivity contribution >= 4 is 22.8 Å². The van der Waals surface area contributed by atoms with Crippen molar-refractivity contribution in [2.45, 2.75) is 46.1 Å². The van der Waals surface area contributed by atoms with E-state index in [0.717, 1.165) is 35.4 Å². The summed E-state index contributed by atoms with van der Waals surface area (Å²) in [6, 6.07) is 6.09. The Bertz CT molecular complexity index is 783. The first-order valence-electron chi connectivity index (χ1n) is 8.42. The molecule has 0 N–H and O–H groups in total. The Labute approximate surface area is 142 Å². The average molecular weight is 328 g/mol. The number of hydrogen-bond donors (Lipinski definition) is 0. The monoisotopic (exact) mass is 328 g/mol. The number of nitrogens with zero attached hydrogens (tertiary/aromatic N) is 2. The summed E-state index contributed by atoms with van der Waals surface area (Å²) in [4.78, 5) is 18.3. The zero-order valence-corrected chi connectivity index (χ0v) is 14.8. The number of rotatable bonds is 2. The van der Waals surface area contributed by atoms with Gasteiger partial charge in [-0.25, -0.2) is 9.78 Å². The van der Waals surface area contributed by atoms with Crippen LogP contribution in [0, 0.1) is 0 Å². The highest BCUT2D eigenvalue weighted by Gasteiger charge is 2.24. The SMILES string of the molecule is CCc1nc2cc(C3=CCN(C(=O)OC(C)(C)C)CC3)ccc2o1. The lowest BCUT2D eigenvalue weighted by Crippen LogP contribution is -2.39. The number of aryl methyl sites for hydroxylation is 1. The van der Waals surface area contributed by atoms with E-state index in [2.05, 4.69) is 23.2 Å². The number of carbonyl (C=O) groups is 1. The van der Waals surface area contributed by atoms with Gasteiger partial charge >= 0.3 is 6.09 Å². The number of amides is 1. The molecule has 5 heteroatoms. The van der Waals surface area contributed by atoms with Crippen molar-refractivity contribution in [2.75, 3.05) is 13.1 Å². The van der Waals surface area contributed by atoms with Crippen LogP contribution < -0.4 is 0 Å². The second kappa shape index (κ2) is 6.30. The molecular weight excluding hydrogens is 304 g/mol. The van der Waals surface area contributed by atoms with Crippen molar-refractivity contribution in [2.24, 2.45) is 0 Å². The summed E-state index contributed by atoms with van der Waals surface area (Å²) in [5.74, 6) is 0.760. The van der Waals surface area contributed by atoms with Crippen LogP contribution in [0.3, 0.4) is 0 Å². The summed E-state index contributed by atoms with van der Waals surface area (Å²) in [5, 5.41) is 0. The summed E-state index contributed by atoms with van der Waals surface area (Å²) in [6.07, 6.45) is 3.44. The molecule has 0 unspecified atom stereocenters. The van der Waals surface area contributed by atoms with E-state index in [1.807, 2.05) is 33.8 Å². The fourth-order valence-corrected chi connectivity index (χ4v) is 2.75. The van der Waals surface area contributed by atoms with E-state index < -0.39 is 5.60 Å². The molecule has 128 valence electrons. The lowest BCUT2D eigenvalue weighted by Gasteiger charge is -2.29. The molecule has 0 atom stereocenters. The van der Waals surface area contributed by atoms with E-state index in [-0.39, 0.29) is 6.09 Å². The minimum Gasteiger partial charge on any atom is -0.444 e. The van der Waals surface area contributed by atoms with Gasteiger partial charge in [0.15, 0.2) is 11.5 Å². The van der Waals surface area contributed by atoms with Gasteiger partial charge in [0.1, 0.15) is 11.1 Å². The Morgan fingerprint density at radius 2 is 2.17 bits per heavy atom. The van der Waals surface area contributed by atoms with Crippen molar-refractivity contribution in [1.82, 2.24) is 9.88 Å². The molecule has 0 aliphatic carbocycles. The molecule has 0 spiro atoms. The third kappa shape index (κ3) is 3.61. The van der Waals surface area contributed by atoms with Gasteiger partial charge in [0.2, 0.25) is 0 Å². The van der Waals surface area contributed by atoms with E-state index >= 15 is 0 Å². The van der Waals surface area contributed by atoms with Gasteiger partial charge in [-0.05, 0) is 50.5 Å². The third-order valence-corrected chi connectivity index (χ3v) is 3.97. The van der Waals surface area contributed by atoms with Crippen LogP contribution in [0.25, 0.3) is 16.7 Å². The van der Waals surface area contributed by atoms with Crippen molar-refractivity contribution in [3.8, 4) is 0 Å². The quantitative estimate of drug-likeness (QED) is 0.819. The Hall–Kier alpha value is -2.30. The molecule has 5 nitrogen and oxygen atoms in total. The molecule has 0 saturated heterocycles. The van der Waals surface area contributed by atoms with Gasteiger partial charge < -0.3 is 14.1 Å². The zero-order valence-electron chi connectivity index (χ0n) is 14.8. The van der Waals surface area contributed by atoms with Gasteiger partial charge in [-0.2, -0.15) is 0 Å². The number of hydrogen-bond acceptors (Lipinski definition) is 4. The lowest BCUT2D eigenvalue weighted by atomic mass is 9.99. The van der Waals surface area contributed by atoms with Crippen LogP contribution in [0.15, 0.2) is 28.7 Å². The van der Waals surface area contributed by atoms with Crippen molar-refractivity contribution < 1.29 is 13.9 Å². The molecule has 1 aromatic heterocycles. The molecule has 0 saturated carbocycles. The molecule has 1 aromatic carbocycles. The first kappa shape index (κ1) is 16.6. The molecule has 1 amide bonds.